The Balaban J connectivity index is 2.54. The summed E-state index contributed by atoms with van der Waals surface area (Å²) < 4.78 is 10.5. The van der Waals surface area contributed by atoms with E-state index in [2.05, 4.69) is 0 Å². The van der Waals surface area contributed by atoms with Crippen LogP contribution in [0.25, 0.3) is 11.1 Å². The number of nitrogen functional groups attached to an aromatic ring is 1. The van der Waals surface area contributed by atoms with E-state index >= 15 is 0 Å². The van der Waals surface area contributed by atoms with Gasteiger partial charge in [-0.05, 0) is 35.9 Å². The molecule has 0 atom stereocenters. The first kappa shape index (κ1) is 12.6. The largest absolute Gasteiger partial charge is 0.493 e. The number of anilines is 1. The van der Waals surface area contributed by atoms with Crippen LogP contribution in [0.1, 0.15) is 0 Å². The molecule has 0 spiro atoms. The molecule has 0 aliphatic heterocycles. The van der Waals surface area contributed by atoms with Crippen LogP contribution in [0.4, 0.5) is 5.69 Å². The Morgan fingerprint density at radius 1 is 0.944 bits per heavy atom. The summed E-state index contributed by atoms with van der Waals surface area (Å²) in [5.74, 6) is 1.34. The molecule has 0 aromatic heterocycles. The van der Waals surface area contributed by atoms with Crippen molar-refractivity contribution < 1.29 is 9.47 Å². The Bertz CT molecular complexity index is 570. The van der Waals surface area contributed by atoms with Crippen molar-refractivity contribution in [3.05, 3.63) is 41.4 Å². The Hall–Kier alpha value is -1.87. The molecule has 4 heteroatoms. The second kappa shape index (κ2) is 5.19. The van der Waals surface area contributed by atoms with Gasteiger partial charge in [-0.1, -0.05) is 17.7 Å². The lowest BCUT2D eigenvalue weighted by Crippen LogP contribution is -1.93. The molecule has 2 rings (SSSR count). The second-order valence-electron chi connectivity index (χ2n) is 3.80. The highest BCUT2D eigenvalue weighted by molar-refractivity contribution is 6.31. The molecular formula is C14H14ClNO2. The molecule has 18 heavy (non-hydrogen) atoms. The van der Waals surface area contributed by atoms with Gasteiger partial charge >= 0.3 is 0 Å². The van der Waals surface area contributed by atoms with Crippen LogP contribution >= 0.6 is 11.6 Å². The number of nitrogens with two attached hydrogens (primary N) is 1. The average molecular weight is 264 g/mol. The third kappa shape index (κ3) is 2.36. The van der Waals surface area contributed by atoms with E-state index in [4.69, 9.17) is 26.8 Å². The maximum atomic E-state index is 5.99. The fourth-order valence-corrected chi connectivity index (χ4v) is 1.95. The quantitative estimate of drug-likeness (QED) is 0.861. The van der Waals surface area contributed by atoms with Gasteiger partial charge in [-0.25, -0.2) is 0 Å². The molecule has 2 N–H and O–H groups in total. The zero-order valence-electron chi connectivity index (χ0n) is 10.2. The highest BCUT2D eigenvalue weighted by atomic mass is 35.5. The van der Waals surface area contributed by atoms with Crippen LogP contribution in [-0.2, 0) is 0 Å². The number of methoxy groups -OCH3 is 2. The minimum absolute atomic E-state index is 0.647. The smallest absolute Gasteiger partial charge is 0.161 e. The van der Waals surface area contributed by atoms with Crippen LogP contribution in [0.3, 0.4) is 0 Å². The minimum Gasteiger partial charge on any atom is -0.493 e. The van der Waals surface area contributed by atoms with Crippen LogP contribution in [0, 0.1) is 0 Å². The van der Waals surface area contributed by atoms with E-state index < -0.39 is 0 Å². The molecule has 0 bridgehead atoms. The third-order valence-corrected chi connectivity index (χ3v) is 2.94. The third-order valence-electron chi connectivity index (χ3n) is 2.71. The number of hydrogen-bond acceptors (Lipinski definition) is 3. The van der Waals surface area contributed by atoms with Crippen molar-refractivity contribution in [1.29, 1.82) is 0 Å². The molecule has 0 fully saturated rings. The number of ether oxygens (including phenoxy) is 2. The van der Waals surface area contributed by atoms with Gasteiger partial charge in [-0.15, -0.1) is 0 Å². The summed E-state index contributed by atoms with van der Waals surface area (Å²) in [5, 5.41) is 0.647. The van der Waals surface area contributed by atoms with Gasteiger partial charge in [0.1, 0.15) is 0 Å². The molecular weight excluding hydrogens is 250 g/mol. The fraction of sp³-hybridized carbons (Fsp3) is 0.143. The summed E-state index contributed by atoms with van der Waals surface area (Å²) >= 11 is 5.99. The zero-order chi connectivity index (χ0) is 13.1. The van der Waals surface area contributed by atoms with Crippen LogP contribution in [-0.4, -0.2) is 14.2 Å². The van der Waals surface area contributed by atoms with E-state index in [0.29, 0.717) is 22.2 Å². The molecule has 2 aromatic rings. The van der Waals surface area contributed by atoms with Gasteiger partial charge < -0.3 is 15.2 Å². The maximum Gasteiger partial charge on any atom is 0.161 e. The van der Waals surface area contributed by atoms with Gasteiger partial charge in [0, 0.05) is 16.3 Å². The van der Waals surface area contributed by atoms with Gasteiger partial charge in [0.2, 0.25) is 0 Å². The van der Waals surface area contributed by atoms with Crippen LogP contribution in [0.5, 0.6) is 11.5 Å². The molecule has 0 radical (unpaired) electrons. The lowest BCUT2D eigenvalue weighted by atomic mass is 10.0. The van der Waals surface area contributed by atoms with Gasteiger partial charge in [-0.3, -0.25) is 0 Å². The van der Waals surface area contributed by atoms with Gasteiger partial charge in [-0.2, -0.15) is 0 Å². The van der Waals surface area contributed by atoms with Gasteiger partial charge in [0.15, 0.2) is 11.5 Å². The molecule has 2 aromatic carbocycles. The number of hydrogen-bond donors (Lipinski definition) is 1. The number of rotatable bonds is 3. The van der Waals surface area contributed by atoms with Crippen molar-refractivity contribution in [2.75, 3.05) is 20.0 Å². The first-order valence-electron chi connectivity index (χ1n) is 5.43. The van der Waals surface area contributed by atoms with E-state index in [1.165, 1.54) is 0 Å². The van der Waals surface area contributed by atoms with Crippen molar-refractivity contribution in [1.82, 2.24) is 0 Å². The van der Waals surface area contributed by atoms with Crippen molar-refractivity contribution in [3.63, 3.8) is 0 Å². The SMILES string of the molecule is COc1ccc(-c2cc(Cl)ccc2N)cc1OC. The average Bonchev–Trinajstić information content (AvgIpc) is 2.40. The summed E-state index contributed by atoms with van der Waals surface area (Å²) in [5.41, 5.74) is 8.44. The number of benzene rings is 2. The molecule has 0 unspecified atom stereocenters. The highest BCUT2D eigenvalue weighted by Crippen LogP contribution is 2.35. The fourth-order valence-electron chi connectivity index (χ4n) is 1.78. The normalized spacial score (nSPS) is 10.2. The van der Waals surface area contributed by atoms with E-state index in [1.54, 1.807) is 26.4 Å². The van der Waals surface area contributed by atoms with Crippen molar-refractivity contribution in [3.8, 4) is 22.6 Å². The first-order valence-corrected chi connectivity index (χ1v) is 5.81. The molecule has 0 aliphatic rings. The summed E-state index contributed by atoms with van der Waals surface area (Å²) in [6, 6.07) is 11.0. The second-order valence-corrected chi connectivity index (χ2v) is 4.24. The van der Waals surface area contributed by atoms with Gasteiger partial charge in [0.25, 0.3) is 0 Å². The number of halogens is 1. The van der Waals surface area contributed by atoms with Gasteiger partial charge in [0.05, 0.1) is 14.2 Å². The van der Waals surface area contributed by atoms with Crippen LogP contribution < -0.4 is 15.2 Å². The molecule has 0 saturated carbocycles. The highest BCUT2D eigenvalue weighted by Gasteiger charge is 2.08. The summed E-state index contributed by atoms with van der Waals surface area (Å²) in [6.45, 7) is 0. The summed E-state index contributed by atoms with van der Waals surface area (Å²) in [6.07, 6.45) is 0. The topological polar surface area (TPSA) is 44.5 Å². The predicted octanol–water partition coefficient (Wildman–Crippen LogP) is 3.61. The molecule has 0 heterocycles. The van der Waals surface area contributed by atoms with Crippen LogP contribution in [0.15, 0.2) is 36.4 Å². The predicted molar refractivity (Wildman–Crippen MR) is 74.4 cm³/mol. The Morgan fingerprint density at radius 3 is 2.33 bits per heavy atom. The Morgan fingerprint density at radius 2 is 1.67 bits per heavy atom. The maximum absolute atomic E-state index is 5.99. The van der Waals surface area contributed by atoms with Crippen molar-refractivity contribution in [2.45, 2.75) is 0 Å². The summed E-state index contributed by atoms with van der Waals surface area (Å²) in [7, 11) is 3.20. The molecule has 3 nitrogen and oxygen atoms in total. The van der Waals surface area contributed by atoms with E-state index in [0.717, 1.165) is 11.1 Å². The Labute approximate surface area is 111 Å². The summed E-state index contributed by atoms with van der Waals surface area (Å²) in [4.78, 5) is 0. The minimum atomic E-state index is 0.647. The lowest BCUT2D eigenvalue weighted by molar-refractivity contribution is 0.355. The molecule has 0 amide bonds. The Kier molecular flexibility index (Phi) is 3.63. The molecule has 94 valence electrons. The van der Waals surface area contributed by atoms with E-state index in [1.807, 2.05) is 24.3 Å². The van der Waals surface area contributed by atoms with Crippen molar-refractivity contribution >= 4 is 17.3 Å². The molecule has 0 aliphatic carbocycles. The molecule has 0 saturated heterocycles. The van der Waals surface area contributed by atoms with Crippen molar-refractivity contribution in [2.24, 2.45) is 0 Å². The van der Waals surface area contributed by atoms with Crippen LogP contribution in [0.2, 0.25) is 5.02 Å². The zero-order valence-corrected chi connectivity index (χ0v) is 11.0. The van der Waals surface area contributed by atoms with E-state index in [9.17, 15) is 0 Å². The van der Waals surface area contributed by atoms with E-state index in [-0.39, 0.29) is 0 Å². The standard InChI is InChI=1S/C14H14ClNO2/c1-17-13-6-3-9(7-14(13)18-2)11-8-10(15)4-5-12(11)16/h3-8H,16H2,1-2H3. The lowest BCUT2D eigenvalue weighted by Gasteiger charge is -2.11. The monoisotopic (exact) mass is 263 g/mol. The first-order chi connectivity index (χ1) is 8.65.